The fourth-order valence-electron chi connectivity index (χ4n) is 2.94. The third-order valence-corrected chi connectivity index (χ3v) is 4.69. The maximum atomic E-state index is 12.9. The van der Waals surface area contributed by atoms with Gasteiger partial charge in [-0.2, -0.15) is 0 Å². The van der Waals surface area contributed by atoms with E-state index in [0.29, 0.717) is 24.8 Å². The van der Waals surface area contributed by atoms with Crippen molar-refractivity contribution in [3.05, 3.63) is 77.4 Å². The summed E-state index contributed by atoms with van der Waals surface area (Å²) in [5.41, 5.74) is 0.822. The summed E-state index contributed by atoms with van der Waals surface area (Å²) in [6.45, 7) is 0.194. The fourth-order valence-corrected chi connectivity index (χ4v) is 2.94. The highest BCUT2D eigenvalue weighted by molar-refractivity contribution is 6.14. The lowest BCUT2D eigenvalue weighted by Gasteiger charge is -2.17. The van der Waals surface area contributed by atoms with Gasteiger partial charge >= 0.3 is 17.9 Å². The maximum absolute atomic E-state index is 12.9. The lowest BCUT2D eigenvalue weighted by molar-refractivity contribution is -0.137. The summed E-state index contributed by atoms with van der Waals surface area (Å²) >= 11 is 0. The third kappa shape index (κ3) is 8.70. The molecule has 0 fully saturated rings. The van der Waals surface area contributed by atoms with Crippen molar-refractivity contribution in [2.45, 2.75) is 31.8 Å². The van der Waals surface area contributed by atoms with Gasteiger partial charge in [0.05, 0.1) is 5.56 Å². The van der Waals surface area contributed by atoms with E-state index >= 15 is 0 Å². The number of ketones is 1. The van der Waals surface area contributed by atoms with Crippen LogP contribution in [0.1, 0.15) is 52.0 Å². The number of benzene rings is 2. The molecule has 2 rings (SSSR count). The number of hydrogen-bond donors (Lipinski definition) is 3. The molecule has 3 N–H and O–H groups in total. The summed E-state index contributed by atoms with van der Waals surface area (Å²) < 4.78 is 5.27. The van der Waals surface area contributed by atoms with Gasteiger partial charge in [0.2, 0.25) is 11.9 Å². The van der Waals surface area contributed by atoms with Crippen LogP contribution in [-0.2, 0) is 19.1 Å². The van der Waals surface area contributed by atoms with Crippen LogP contribution < -0.4 is 5.32 Å². The lowest BCUT2D eigenvalue weighted by atomic mass is 10.1. The van der Waals surface area contributed by atoms with Crippen molar-refractivity contribution < 1.29 is 38.9 Å². The summed E-state index contributed by atoms with van der Waals surface area (Å²) in [7, 11) is 0. The number of hydrogen-bond acceptors (Lipinski definition) is 6. The Labute approximate surface area is 196 Å². The zero-order valence-corrected chi connectivity index (χ0v) is 18.3. The summed E-state index contributed by atoms with van der Waals surface area (Å²) in [6.07, 6.45) is 2.17. The molecule has 1 amide bonds. The Balaban J connectivity index is 2.07. The van der Waals surface area contributed by atoms with E-state index in [1.807, 2.05) is 0 Å². The van der Waals surface area contributed by atoms with Crippen molar-refractivity contribution in [1.29, 1.82) is 0 Å². The van der Waals surface area contributed by atoms with Gasteiger partial charge < -0.3 is 20.3 Å². The summed E-state index contributed by atoms with van der Waals surface area (Å²) in [5, 5.41) is 19.9. The zero-order valence-electron chi connectivity index (χ0n) is 18.3. The summed E-state index contributed by atoms with van der Waals surface area (Å²) in [6, 6.07) is 13.8. The van der Waals surface area contributed by atoms with Gasteiger partial charge in [0.25, 0.3) is 5.91 Å². The van der Waals surface area contributed by atoms with Gasteiger partial charge in [0.1, 0.15) is 0 Å². The molecule has 0 aromatic heterocycles. The minimum atomic E-state index is -1.71. The highest BCUT2D eigenvalue weighted by Crippen LogP contribution is 2.13. The van der Waals surface area contributed by atoms with E-state index in [1.54, 1.807) is 18.2 Å². The molecular formula is C25H25NO8. The Kier molecular flexibility index (Phi) is 10.2. The molecule has 1 atom stereocenters. The van der Waals surface area contributed by atoms with Gasteiger partial charge in [-0.3, -0.25) is 14.4 Å². The monoisotopic (exact) mass is 467 g/mol. The first-order valence-corrected chi connectivity index (χ1v) is 10.6. The topological polar surface area (TPSA) is 147 Å². The van der Waals surface area contributed by atoms with Crippen LogP contribution in [0.15, 0.2) is 60.7 Å². The highest BCUT2D eigenvalue weighted by Gasteiger charge is 2.31. The van der Waals surface area contributed by atoms with Gasteiger partial charge in [-0.1, -0.05) is 48.9 Å². The van der Waals surface area contributed by atoms with Gasteiger partial charge in [0.15, 0.2) is 0 Å². The van der Waals surface area contributed by atoms with E-state index in [-0.39, 0.29) is 24.1 Å². The van der Waals surface area contributed by atoms with Crippen molar-refractivity contribution in [2.24, 2.45) is 0 Å². The molecule has 1 unspecified atom stereocenters. The quantitative estimate of drug-likeness (QED) is 0.134. The molecule has 0 bridgehead atoms. The van der Waals surface area contributed by atoms with Crippen molar-refractivity contribution >= 4 is 35.7 Å². The molecule has 0 saturated heterocycles. The van der Waals surface area contributed by atoms with Crippen LogP contribution in [0.2, 0.25) is 0 Å². The number of carbonyl (C=O) groups is 5. The summed E-state index contributed by atoms with van der Waals surface area (Å²) in [4.78, 5) is 59.4. The van der Waals surface area contributed by atoms with Crippen LogP contribution in [0.4, 0.5) is 0 Å². The molecule has 2 aromatic rings. The molecule has 2 aromatic carbocycles. The molecule has 0 aliphatic rings. The molecular weight excluding hydrogens is 442 g/mol. The van der Waals surface area contributed by atoms with Gasteiger partial charge in [-0.15, -0.1) is 0 Å². The molecule has 0 saturated carbocycles. The molecule has 0 radical (unpaired) electrons. The van der Waals surface area contributed by atoms with Crippen LogP contribution >= 0.6 is 0 Å². The number of rotatable bonds is 13. The first kappa shape index (κ1) is 26.0. The molecule has 0 aliphatic heterocycles. The number of amides is 1. The SMILES string of the molecule is O=C(O)/C=C/c1ccc(C(=O)OC(C(=O)NCCCCCC(=O)O)C(=O)c2ccccc2)cc1. The number of unbranched alkanes of at least 4 members (excludes halogenated alkanes) is 2. The number of carboxylic acids is 2. The van der Waals surface area contributed by atoms with E-state index in [4.69, 9.17) is 14.9 Å². The fraction of sp³-hybridized carbons (Fsp3) is 0.240. The van der Waals surface area contributed by atoms with Crippen LogP contribution in [0.5, 0.6) is 0 Å². The Bertz CT molecular complexity index is 1040. The number of carbonyl (C=O) groups excluding carboxylic acids is 3. The van der Waals surface area contributed by atoms with Crippen molar-refractivity contribution in [2.75, 3.05) is 6.54 Å². The van der Waals surface area contributed by atoms with E-state index < -0.39 is 35.7 Å². The standard InChI is InChI=1S/C25H25NO8/c27-20(28)9-5-2-6-16-26-24(32)23(22(31)18-7-3-1-4-8-18)34-25(33)19-13-10-17(11-14-19)12-15-21(29)30/h1,3-4,7-8,10-15,23H,2,5-6,9,16H2,(H,26,32)(H,27,28)(H,29,30)/b15-12+. The molecule has 0 heterocycles. The van der Waals surface area contributed by atoms with E-state index in [0.717, 1.165) is 6.08 Å². The molecule has 9 nitrogen and oxygen atoms in total. The summed E-state index contributed by atoms with van der Waals surface area (Å²) in [5.74, 6) is -4.35. The molecule has 0 aliphatic carbocycles. The number of Topliss-reactive ketones (excluding diaryl/α,β-unsaturated/α-hetero) is 1. The molecule has 178 valence electrons. The number of ether oxygens (including phenoxy) is 1. The number of esters is 1. The number of aliphatic carboxylic acids is 2. The second kappa shape index (κ2) is 13.3. The van der Waals surface area contributed by atoms with Crippen LogP contribution in [0.3, 0.4) is 0 Å². The smallest absolute Gasteiger partial charge is 0.339 e. The Morgan fingerprint density at radius 2 is 1.53 bits per heavy atom. The molecule has 9 heteroatoms. The number of carboxylic acid groups (broad SMARTS) is 2. The molecule has 0 spiro atoms. The van der Waals surface area contributed by atoms with Crippen molar-refractivity contribution in [3.8, 4) is 0 Å². The van der Waals surface area contributed by atoms with Gasteiger partial charge in [-0.25, -0.2) is 9.59 Å². The van der Waals surface area contributed by atoms with E-state index in [9.17, 15) is 24.0 Å². The minimum absolute atomic E-state index is 0.0333. The molecule has 34 heavy (non-hydrogen) atoms. The van der Waals surface area contributed by atoms with Gasteiger partial charge in [-0.05, 0) is 36.6 Å². The van der Waals surface area contributed by atoms with Crippen LogP contribution in [0, 0.1) is 0 Å². The average molecular weight is 467 g/mol. The van der Waals surface area contributed by atoms with E-state index in [2.05, 4.69) is 5.32 Å². The van der Waals surface area contributed by atoms with Crippen molar-refractivity contribution in [1.82, 2.24) is 5.32 Å². The first-order valence-electron chi connectivity index (χ1n) is 10.6. The Morgan fingerprint density at radius 3 is 2.15 bits per heavy atom. The first-order chi connectivity index (χ1) is 16.3. The Hall–Kier alpha value is -4.27. The van der Waals surface area contributed by atoms with Crippen LogP contribution in [0.25, 0.3) is 6.08 Å². The number of nitrogens with one attached hydrogen (secondary N) is 1. The van der Waals surface area contributed by atoms with Crippen molar-refractivity contribution in [3.63, 3.8) is 0 Å². The third-order valence-electron chi connectivity index (χ3n) is 4.69. The maximum Gasteiger partial charge on any atom is 0.339 e. The zero-order chi connectivity index (χ0) is 24.9. The second-order valence-corrected chi connectivity index (χ2v) is 7.30. The Morgan fingerprint density at radius 1 is 0.853 bits per heavy atom. The van der Waals surface area contributed by atoms with Gasteiger partial charge in [0, 0.05) is 24.6 Å². The van der Waals surface area contributed by atoms with E-state index in [1.165, 1.54) is 42.5 Å². The lowest BCUT2D eigenvalue weighted by Crippen LogP contribution is -2.43. The highest BCUT2D eigenvalue weighted by atomic mass is 16.6. The predicted molar refractivity (Wildman–Crippen MR) is 122 cm³/mol. The average Bonchev–Trinajstić information content (AvgIpc) is 2.83. The normalized spacial score (nSPS) is 11.5. The largest absolute Gasteiger partial charge is 0.481 e. The predicted octanol–water partition coefficient (Wildman–Crippen LogP) is 2.95. The van der Waals surface area contributed by atoms with Crippen LogP contribution in [-0.4, -0.2) is 52.5 Å². The minimum Gasteiger partial charge on any atom is -0.481 e. The second-order valence-electron chi connectivity index (χ2n) is 7.30.